The molecule has 0 radical (unpaired) electrons. The van der Waals surface area contributed by atoms with Crippen LogP contribution in [0, 0.1) is 12.7 Å². The molecule has 1 aliphatic heterocycles. The fraction of sp³-hybridized carbons (Fsp3) is 0.625. The minimum Gasteiger partial charge on any atom is -0.310 e. The maximum Gasteiger partial charge on any atom is 0.126 e. The normalized spacial score (nSPS) is 17.8. The van der Waals surface area contributed by atoms with Gasteiger partial charge in [0.1, 0.15) is 5.82 Å². The summed E-state index contributed by atoms with van der Waals surface area (Å²) >= 11 is 0. The monoisotopic (exact) mass is 264 g/mol. The van der Waals surface area contributed by atoms with Crippen molar-refractivity contribution in [3.05, 3.63) is 35.1 Å². The first-order valence-electron chi connectivity index (χ1n) is 7.38. The summed E-state index contributed by atoms with van der Waals surface area (Å²) < 4.78 is 13.5. The molecular formula is C16H25FN2. The number of halogens is 1. The molecule has 0 saturated carbocycles. The van der Waals surface area contributed by atoms with Crippen LogP contribution in [0.15, 0.2) is 18.2 Å². The number of rotatable bonds is 6. The first kappa shape index (κ1) is 14.5. The standard InChI is InChI=1S/C16H25FN2/c1-13-6-7-15(12-16(13)17)14(2)18-8-5-11-19-9-3-4-10-19/h6-7,12,14,18H,3-5,8-11H2,1-2H3. The number of benzene rings is 1. The van der Waals surface area contributed by atoms with E-state index in [0.717, 1.165) is 12.1 Å². The average molecular weight is 264 g/mol. The van der Waals surface area contributed by atoms with E-state index in [4.69, 9.17) is 0 Å². The largest absolute Gasteiger partial charge is 0.310 e. The van der Waals surface area contributed by atoms with Crippen LogP contribution in [-0.4, -0.2) is 31.1 Å². The van der Waals surface area contributed by atoms with Gasteiger partial charge in [-0.1, -0.05) is 12.1 Å². The van der Waals surface area contributed by atoms with E-state index in [0.29, 0.717) is 5.56 Å². The molecule has 1 N–H and O–H groups in total. The molecule has 1 atom stereocenters. The minimum atomic E-state index is -0.108. The van der Waals surface area contributed by atoms with Crippen molar-refractivity contribution in [3.8, 4) is 0 Å². The predicted octanol–water partition coefficient (Wildman–Crippen LogP) is 3.27. The second-order valence-electron chi connectivity index (χ2n) is 5.59. The van der Waals surface area contributed by atoms with Crippen LogP contribution in [-0.2, 0) is 0 Å². The highest BCUT2D eigenvalue weighted by molar-refractivity contribution is 5.25. The molecule has 0 bridgehead atoms. The maximum absolute atomic E-state index is 13.5. The third kappa shape index (κ3) is 4.29. The van der Waals surface area contributed by atoms with Gasteiger partial charge in [-0.15, -0.1) is 0 Å². The Morgan fingerprint density at radius 3 is 2.74 bits per heavy atom. The molecule has 2 rings (SSSR count). The molecule has 1 heterocycles. The summed E-state index contributed by atoms with van der Waals surface area (Å²) in [5.74, 6) is -0.108. The van der Waals surface area contributed by atoms with Gasteiger partial charge in [-0.3, -0.25) is 0 Å². The first-order valence-corrected chi connectivity index (χ1v) is 7.38. The number of nitrogens with one attached hydrogen (secondary N) is 1. The van der Waals surface area contributed by atoms with E-state index in [1.54, 1.807) is 13.0 Å². The van der Waals surface area contributed by atoms with Gasteiger partial charge in [0.25, 0.3) is 0 Å². The van der Waals surface area contributed by atoms with Gasteiger partial charge in [-0.25, -0.2) is 4.39 Å². The van der Waals surface area contributed by atoms with Gasteiger partial charge < -0.3 is 10.2 Å². The van der Waals surface area contributed by atoms with Crippen molar-refractivity contribution < 1.29 is 4.39 Å². The van der Waals surface area contributed by atoms with Crippen molar-refractivity contribution in [3.63, 3.8) is 0 Å². The third-order valence-electron chi connectivity index (χ3n) is 4.00. The number of nitrogens with zero attached hydrogens (tertiary/aromatic N) is 1. The third-order valence-corrected chi connectivity index (χ3v) is 4.00. The van der Waals surface area contributed by atoms with Crippen LogP contribution in [0.2, 0.25) is 0 Å². The van der Waals surface area contributed by atoms with Gasteiger partial charge in [0.15, 0.2) is 0 Å². The molecule has 19 heavy (non-hydrogen) atoms. The van der Waals surface area contributed by atoms with Crippen LogP contribution in [0.25, 0.3) is 0 Å². The average Bonchev–Trinajstić information content (AvgIpc) is 2.91. The molecule has 0 amide bonds. The van der Waals surface area contributed by atoms with Crippen LogP contribution in [0.5, 0.6) is 0 Å². The Labute approximate surface area is 116 Å². The van der Waals surface area contributed by atoms with Gasteiger partial charge in [-0.2, -0.15) is 0 Å². The lowest BCUT2D eigenvalue weighted by molar-refractivity contribution is 0.328. The van der Waals surface area contributed by atoms with E-state index in [2.05, 4.69) is 17.1 Å². The zero-order chi connectivity index (χ0) is 13.7. The summed E-state index contributed by atoms with van der Waals surface area (Å²) in [4.78, 5) is 2.53. The van der Waals surface area contributed by atoms with Gasteiger partial charge in [0.2, 0.25) is 0 Å². The fourth-order valence-corrected chi connectivity index (χ4v) is 2.62. The lowest BCUT2D eigenvalue weighted by atomic mass is 10.1. The van der Waals surface area contributed by atoms with Crippen molar-refractivity contribution in [1.29, 1.82) is 0 Å². The zero-order valence-electron chi connectivity index (χ0n) is 12.1. The highest BCUT2D eigenvalue weighted by Crippen LogP contribution is 2.16. The van der Waals surface area contributed by atoms with E-state index in [1.165, 1.54) is 38.9 Å². The summed E-state index contributed by atoms with van der Waals surface area (Å²) in [6.07, 6.45) is 3.87. The highest BCUT2D eigenvalue weighted by Gasteiger charge is 2.11. The van der Waals surface area contributed by atoms with Crippen LogP contribution in [0.4, 0.5) is 4.39 Å². The van der Waals surface area contributed by atoms with Gasteiger partial charge >= 0.3 is 0 Å². The molecule has 0 spiro atoms. The Balaban J connectivity index is 1.71. The molecule has 106 valence electrons. The molecule has 1 unspecified atom stereocenters. The quantitative estimate of drug-likeness (QED) is 0.793. The first-order chi connectivity index (χ1) is 9.16. The smallest absolute Gasteiger partial charge is 0.126 e. The molecule has 0 aliphatic carbocycles. The molecule has 1 fully saturated rings. The van der Waals surface area contributed by atoms with Crippen molar-refractivity contribution in [1.82, 2.24) is 10.2 Å². The molecule has 2 nitrogen and oxygen atoms in total. The molecule has 3 heteroatoms. The molecule has 1 saturated heterocycles. The molecule has 0 aromatic heterocycles. The topological polar surface area (TPSA) is 15.3 Å². The molecule has 1 aromatic carbocycles. The van der Waals surface area contributed by atoms with E-state index >= 15 is 0 Å². The highest BCUT2D eigenvalue weighted by atomic mass is 19.1. The Morgan fingerprint density at radius 1 is 1.32 bits per heavy atom. The number of hydrogen-bond donors (Lipinski definition) is 1. The van der Waals surface area contributed by atoms with E-state index in [-0.39, 0.29) is 11.9 Å². The Morgan fingerprint density at radius 2 is 2.05 bits per heavy atom. The number of aryl methyl sites for hydroxylation is 1. The maximum atomic E-state index is 13.5. The molecular weight excluding hydrogens is 239 g/mol. The molecule has 1 aromatic rings. The summed E-state index contributed by atoms with van der Waals surface area (Å²) in [5.41, 5.74) is 1.74. The van der Waals surface area contributed by atoms with Crippen molar-refractivity contribution in [2.24, 2.45) is 0 Å². The van der Waals surface area contributed by atoms with Crippen molar-refractivity contribution in [2.45, 2.75) is 39.2 Å². The van der Waals surface area contributed by atoms with Crippen LogP contribution in [0.3, 0.4) is 0 Å². The zero-order valence-corrected chi connectivity index (χ0v) is 12.1. The van der Waals surface area contributed by atoms with Gasteiger partial charge in [-0.05, 0) is 76.5 Å². The number of likely N-dealkylation sites (tertiary alicyclic amines) is 1. The fourth-order valence-electron chi connectivity index (χ4n) is 2.62. The Kier molecular flexibility index (Phi) is 5.34. The Bertz CT molecular complexity index is 400. The lowest BCUT2D eigenvalue weighted by Gasteiger charge is -2.17. The second kappa shape index (κ2) is 7.01. The van der Waals surface area contributed by atoms with Gasteiger partial charge in [0.05, 0.1) is 0 Å². The summed E-state index contributed by atoms with van der Waals surface area (Å²) in [6, 6.07) is 5.73. The summed E-state index contributed by atoms with van der Waals surface area (Å²) in [5, 5.41) is 3.48. The number of hydrogen-bond acceptors (Lipinski definition) is 2. The van der Waals surface area contributed by atoms with E-state index in [1.807, 2.05) is 12.1 Å². The van der Waals surface area contributed by atoms with Crippen LogP contribution >= 0.6 is 0 Å². The second-order valence-corrected chi connectivity index (χ2v) is 5.59. The van der Waals surface area contributed by atoms with Crippen LogP contribution in [0.1, 0.15) is 43.4 Å². The predicted molar refractivity (Wildman–Crippen MR) is 77.8 cm³/mol. The van der Waals surface area contributed by atoms with E-state index < -0.39 is 0 Å². The van der Waals surface area contributed by atoms with E-state index in [9.17, 15) is 4.39 Å². The van der Waals surface area contributed by atoms with Crippen LogP contribution < -0.4 is 5.32 Å². The van der Waals surface area contributed by atoms with Crippen molar-refractivity contribution >= 4 is 0 Å². The summed E-state index contributed by atoms with van der Waals surface area (Å²) in [7, 11) is 0. The molecule has 1 aliphatic rings. The Hall–Kier alpha value is -0.930. The van der Waals surface area contributed by atoms with Gasteiger partial charge in [0, 0.05) is 6.04 Å². The minimum absolute atomic E-state index is 0.108. The van der Waals surface area contributed by atoms with Crippen molar-refractivity contribution in [2.75, 3.05) is 26.2 Å². The summed E-state index contributed by atoms with van der Waals surface area (Å²) in [6.45, 7) is 8.60. The SMILES string of the molecule is Cc1ccc(C(C)NCCCN2CCCC2)cc1F. The lowest BCUT2D eigenvalue weighted by Crippen LogP contribution is -2.26.